The zero-order chi connectivity index (χ0) is 15.7. The van der Waals surface area contributed by atoms with E-state index in [-0.39, 0.29) is 0 Å². The molecule has 112 valence electrons. The van der Waals surface area contributed by atoms with Gasteiger partial charge in [-0.2, -0.15) is 5.10 Å². The van der Waals surface area contributed by atoms with Gasteiger partial charge in [0.2, 0.25) is 0 Å². The van der Waals surface area contributed by atoms with Gasteiger partial charge in [0.05, 0.1) is 30.9 Å². The molecule has 0 aliphatic heterocycles. The second kappa shape index (κ2) is 6.04. The molecule has 1 aromatic carbocycles. The summed E-state index contributed by atoms with van der Waals surface area (Å²) in [5.74, 6) is 0.827. The standard InChI is InChI=1S/C16H14IN3O2/c1-10-14(9-21)15(17)13-7-18-20(16(13)19-10)8-11-3-5-12(22-2)6-4-11/h3-7,9H,8H2,1-2H3. The van der Waals surface area contributed by atoms with Gasteiger partial charge in [0.25, 0.3) is 0 Å². The second-order valence-corrected chi connectivity index (χ2v) is 6.01. The minimum Gasteiger partial charge on any atom is -0.497 e. The normalized spacial score (nSPS) is 10.9. The first-order chi connectivity index (χ1) is 10.6. The van der Waals surface area contributed by atoms with Gasteiger partial charge in [-0.05, 0) is 47.2 Å². The van der Waals surface area contributed by atoms with E-state index < -0.39 is 0 Å². The third-order valence-corrected chi connectivity index (χ3v) is 4.72. The molecule has 0 saturated heterocycles. The number of rotatable bonds is 4. The summed E-state index contributed by atoms with van der Waals surface area (Å²) in [6.07, 6.45) is 2.62. The van der Waals surface area contributed by atoms with Crippen LogP contribution in [0.15, 0.2) is 30.5 Å². The smallest absolute Gasteiger partial charge is 0.159 e. The number of nitrogens with zero attached hydrogens (tertiary/aromatic N) is 3. The van der Waals surface area contributed by atoms with Crippen LogP contribution in [0.4, 0.5) is 0 Å². The van der Waals surface area contributed by atoms with Gasteiger partial charge >= 0.3 is 0 Å². The highest BCUT2D eigenvalue weighted by Gasteiger charge is 2.14. The third-order valence-electron chi connectivity index (χ3n) is 3.56. The molecule has 0 atom stereocenters. The van der Waals surface area contributed by atoms with Crippen molar-refractivity contribution in [1.82, 2.24) is 14.8 Å². The molecule has 5 nitrogen and oxygen atoms in total. The van der Waals surface area contributed by atoms with Gasteiger partial charge in [0.15, 0.2) is 11.9 Å². The number of fused-ring (bicyclic) bond motifs is 1. The molecule has 22 heavy (non-hydrogen) atoms. The fourth-order valence-electron chi connectivity index (χ4n) is 2.33. The molecule has 0 bridgehead atoms. The zero-order valence-electron chi connectivity index (χ0n) is 12.2. The Morgan fingerprint density at radius 1 is 1.32 bits per heavy atom. The number of benzene rings is 1. The molecule has 0 unspecified atom stereocenters. The van der Waals surface area contributed by atoms with Gasteiger partial charge in [0.1, 0.15) is 5.75 Å². The molecule has 0 radical (unpaired) electrons. The number of hydrogen-bond donors (Lipinski definition) is 0. The maximum atomic E-state index is 11.2. The van der Waals surface area contributed by atoms with Gasteiger partial charge in [-0.1, -0.05) is 12.1 Å². The van der Waals surface area contributed by atoms with Gasteiger partial charge < -0.3 is 4.74 Å². The number of ether oxygens (including phenoxy) is 1. The maximum absolute atomic E-state index is 11.2. The predicted octanol–water partition coefficient (Wildman–Crippen LogP) is 3.21. The van der Waals surface area contributed by atoms with E-state index in [2.05, 4.69) is 32.7 Å². The van der Waals surface area contributed by atoms with E-state index in [1.54, 1.807) is 13.3 Å². The fourth-order valence-corrected chi connectivity index (χ4v) is 3.23. The molecule has 0 aliphatic carbocycles. The van der Waals surface area contributed by atoms with Gasteiger partial charge in [-0.25, -0.2) is 9.67 Å². The highest BCUT2D eigenvalue weighted by atomic mass is 127. The van der Waals surface area contributed by atoms with Crippen LogP contribution in [0.25, 0.3) is 11.0 Å². The van der Waals surface area contributed by atoms with Crippen molar-refractivity contribution in [3.05, 3.63) is 50.9 Å². The Morgan fingerprint density at radius 3 is 2.68 bits per heavy atom. The van der Waals surface area contributed by atoms with Crippen LogP contribution in [0.5, 0.6) is 5.75 Å². The van der Waals surface area contributed by atoms with E-state index in [9.17, 15) is 4.79 Å². The number of aryl methyl sites for hydroxylation is 1. The lowest BCUT2D eigenvalue weighted by Gasteiger charge is -2.07. The Bertz CT molecular complexity index is 841. The van der Waals surface area contributed by atoms with Crippen LogP contribution < -0.4 is 4.74 Å². The average molecular weight is 407 g/mol. The van der Waals surface area contributed by atoms with Crippen molar-refractivity contribution in [2.24, 2.45) is 0 Å². The first-order valence-corrected chi connectivity index (χ1v) is 7.81. The first kappa shape index (κ1) is 15.0. The van der Waals surface area contributed by atoms with E-state index in [1.807, 2.05) is 35.9 Å². The Kier molecular flexibility index (Phi) is 4.10. The number of hydrogen-bond acceptors (Lipinski definition) is 4. The second-order valence-electron chi connectivity index (χ2n) is 4.93. The van der Waals surface area contributed by atoms with Crippen molar-refractivity contribution in [3.8, 4) is 5.75 Å². The van der Waals surface area contributed by atoms with E-state index >= 15 is 0 Å². The molecule has 0 saturated carbocycles. The van der Waals surface area contributed by atoms with Crippen LogP contribution >= 0.6 is 22.6 Å². The third kappa shape index (κ3) is 2.58. The van der Waals surface area contributed by atoms with E-state index in [1.165, 1.54) is 0 Å². The minimum atomic E-state index is 0.621. The summed E-state index contributed by atoms with van der Waals surface area (Å²) < 4.78 is 7.91. The van der Waals surface area contributed by atoms with Crippen molar-refractivity contribution < 1.29 is 9.53 Å². The van der Waals surface area contributed by atoms with Crippen LogP contribution in [-0.4, -0.2) is 28.2 Å². The van der Waals surface area contributed by atoms with Gasteiger partial charge in [-0.15, -0.1) is 0 Å². The molecule has 0 fully saturated rings. The summed E-state index contributed by atoms with van der Waals surface area (Å²) in [5, 5.41) is 5.32. The van der Waals surface area contributed by atoms with Crippen LogP contribution in [0.1, 0.15) is 21.6 Å². The summed E-state index contributed by atoms with van der Waals surface area (Å²) in [5.41, 5.74) is 3.27. The molecule has 3 aromatic rings. The van der Waals surface area contributed by atoms with E-state index in [0.717, 1.165) is 37.9 Å². The number of carbonyl (C=O) groups is 1. The van der Waals surface area contributed by atoms with Crippen molar-refractivity contribution in [1.29, 1.82) is 0 Å². The van der Waals surface area contributed by atoms with E-state index in [4.69, 9.17) is 4.74 Å². The summed E-state index contributed by atoms with van der Waals surface area (Å²) in [6.45, 7) is 2.46. The highest BCUT2D eigenvalue weighted by Crippen LogP contribution is 2.24. The largest absolute Gasteiger partial charge is 0.497 e. The Balaban J connectivity index is 2.02. The fraction of sp³-hybridized carbons (Fsp3) is 0.188. The van der Waals surface area contributed by atoms with E-state index in [0.29, 0.717) is 12.1 Å². The lowest BCUT2D eigenvalue weighted by Crippen LogP contribution is -2.04. The number of methoxy groups -OCH3 is 1. The Hall–Kier alpha value is -1.96. The molecule has 2 aromatic heterocycles. The Morgan fingerprint density at radius 2 is 2.05 bits per heavy atom. The van der Waals surface area contributed by atoms with Crippen LogP contribution in [0.3, 0.4) is 0 Å². The molecule has 0 N–H and O–H groups in total. The number of pyridine rings is 1. The van der Waals surface area contributed by atoms with Crippen molar-refractivity contribution in [3.63, 3.8) is 0 Å². The van der Waals surface area contributed by atoms with Crippen LogP contribution in [0.2, 0.25) is 0 Å². The van der Waals surface area contributed by atoms with Gasteiger partial charge in [0, 0.05) is 9.13 Å². The summed E-state index contributed by atoms with van der Waals surface area (Å²) >= 11 is 2.18. The first-order valence-electron chi connectivity index (χ1n) is 6.73. The SMILES string of the molecule is COc1ccc(Cn2ncc3c(I)c(C=O)c(C)nc32)cc1. The summed E-state index contributed by atoms with van der Waals surface area (Å²) in [6, 6.07) is 7.86. The molecule has 3 rings (SSSR count). The monoisotopic (exact) mass is 407 g/mol. The van der Waals surface area contributed by atoms with Gasteiger partial charge in [-0.3, -0.25) is 4.79 Å². The molecular weight excluding hydrogens is 393 g/mol. The number of aromatic nitrogens is 3. The molecule has 0 aliphatic rings. The Labute approximate surface area is 141 Å². The van der Waals surface area contributed by atoms with Crippen molar-refractivity contribution in [2.75, 3.05) is 7.11 Å². The topological polar surface area (TPSA) is 57.0 Å². The van der Waals surface area contributed by atoms with Crippen LogP contribution in [-0.2, 0) is 6.54 Å². The molecule has 2 heterocycles. The number of aldehydes is 1. The molecule has 0 spiro atoms. The average Bonchev–Trinajstić information content (AvgIpc) is 2.91. The summed E-state index contributed by atoms with van der Waals surface area (Å²) in [7, 11) is 1.65. The lowest BCUT2D eigenvalue weighted by molar-refractivity contribution is 0.112. The summed E-state index contributed by atoms with van der Waals surface area (Å²) in [4.78, 5) is 15.7. The molecular formula is C16H14IN3O2. The zero-order valence-corrected chi connectivity index (χ0v) is 14.4. The minimum absolute atomic E-state index is 0.621. The predicted molar refractivity (Wildman–Crippen MR) is 92.5 cm³/mol. The highest BCUT2D eigenvalue weighted by molar-refractivity contribution is 14.1. The number of halogens is 1. The van der Waals surface area contributed by atoms with Crippen molar-refractivity contribution in [2.45, 2.75) is 13.5 Å². The molecule has 0 amide bonds. The quantitative estimate of drug-likeness (QED) is 0.493. The van der Waals surface area contributed by atoms with Crippen LogP contribution in [0, 0.1) is 10.5 Å². The number of carbonyl (C=O) groups excluding carboxylic acids is 1. The molecule has 6 heteroatoms. The maximum Gasteiger partial charge on any atom is 0.159 e. The lowest BCUT2D eigenvalue weighted by atomic mass is 10.2. The van der Waals surface area contributed by atoms with Crippen molar-refractivity contribution >= 4 is 39.9 Å².